The molecule has 0 heterocycles. The predicted octanol–water partition coefficient (Wildman–Crippen LogP) is 1.39. The zero-order valence-electron chi connectivity index (χ0n) is 8.88. The molecule has 1 saturated carbocycles. The number of hydrogen-bond acceptors (Lipinski definition) is 2. The lowest BCUT2D eigenvalue weighted by Crippen LogP contribution is -2.34. The molecular formula is C10H21NOS. The van der Waals surface area contributed by atoms with E-state index in [1.54, 1.807) is 0 Å². The molecule has 0 aliphatic heterocycles. The Morgan fingerprint density at radius 1 is 1.38 bits per heavy atom. The summed E-state index contributed by atoms with van der Waals surface area (Å²) >= 11 is 0. The molecule has 78 valence electrons. The fourth-order valence-electron chi connectivity index (χ4n) is 1.59. The molecule has 0 aromatic carbocycles. The third kappa shape index (κ3) is 4.23. The second-order valence-electron chi connectivity index (χ2n) is 4.40. The molecule has 3 heteroatoms. The lowest BCUT2D eigenvalue weighted by atomic mass is 10.2. The first-order valence-electron chi connectivity index (χ1n) is 5.15. The quantitative estimate of drug-likeness (QED) is 0.707. The molecule has 1 aliphatic carbocycles. The molecule has 0 amide bonds. The second-order valence-corrected chi connectivity index (χ2v) is 5.95. The first kappa shape index (κ1) is 11.2. The first-order chi connectivity index (χ1) is 6.13. The van der Waals surface area contributed by atoms with E-state index in [0.717, 1.165) is 17.4 Å². The highest BCUT2D eigenvalue weighted by Crippen LogP contribution is 2.32. The van der Waals surface area contributed by atoms with Gasteiger partial charge in [0.15, 0.2) is 0 Å². The molecule has 0 saturated heterocycles. The van der Waals surface area contributed by atoms with Gasteiger partial charge in [-0.1, -0.05) is 13.8 Å². The maximum atomic E-state index is 11.6. The van der Waals surface area contributed by atoms with Crippen LogP contribution in [-0.2, 0) is 10.8 Å². The van der Waals surface area contributed by atoms with Gasteiger partial charge in [0, 0.05) is 28.3 Å². The molecule has 0 radical (unpaired) electrons. The summed E-state index contributed by atoms with van der Waals surface area (Å²) in [7, 11) is 1.36. The summed E-state index contributed by atoms with van der Waals surface area (Å²) in [5.74, 6) is 3.06. The van der Waals surface area contributed by atoms with Crippen LogP contribution >= 0.6 is 0 Å². The van der Waals surface area contributed by atoms with Crippen molar-refractivity contribution < 1.29 is 4.21 Å². The number of rotatable bonds is 6. The van der Waals surface area contributed by atoms with Crippen molar-refractivity contribution >= 4 is 10.8 Å². The minimum Gasteiger partial charge on any atom is -0.316 e. The van der Waals surface area contributed by atoms with Crippen LogP contribution in [0.5, 0.6) is 0 Å². The highest BCUT2D eigenvalue weighted by Gasteiger charge is 2.31. The van der Waals surface area contributed by atoms with Crippen LogP contribution in [0.2, 0.25) is 0 Å². The van der Waals surface area contributed by atoms with E-state index in [4.69, 9.17) is 0 Å². The van der Waals surface area contributed by atoms with Crippen molar-refractivity contribution in [2.75, 3.05) is 18.6 Å². The average molecular weight is 203 g/mol. The normalized spacial score (nSPS) is 21.8. The van der Waals surface area contributed by atoms with Crippen molar-refractivity contribution in [3.05, 3.63) is 0 Å². The minimum atomic E-state index is -0.623. The van der Waals surface area contributed by atoms with Gasteiger partial charge >= 0.3 is 0 Å². The summed E-state index contributed by atoms with van der Waals surface area (Å²) in [5.41, 5.74) is 0. The van der Waals surface area contributed by atoms with Gasteiger partial charge in [0.25, 0.3) is 0 Å². The lowest BCUT2D eigenvalue weighted by molar-refractivity contribution is 0.544. The van der Waals surface area contributed by atoms with Gasteiger partial charge in [0.05, 0.1) is 0 Å². The molecule has 1 aliphatic rings. The van der Waals surface area contributed by atoms with Gasteiger partial charge in [-0.3, -0.25) is 4.21 Å². The first-order valence-corrected chi connectivity index (χ1v) is 6.64. The molecule has 1 rings (SSSR count). The molecule has 2 nitrogen and oxygen atoms in total. The highest BCUT2D eigenvalue weighted by atomic mass is 32.2. The van der Waals surface area contributed by atoms with E-state index in [-0.39, 0.29) is 0 Å². The summed E-state index contributed by atoms with van der Waals surface area (Å²) in [5, 5.41) is 3.28. The van der Waals surface area contributed by atoms with Crippen molar-refractivity contribution in [1.29, 1.82) is 0 Å². The van der Waals surface area contributed by atoms with Crippen molar-refractivity contribution in [3.8, 4) is 0 Å². The summed E-state index contributed by atoms with van der Waals surface area (Å²) in [4.78, 5) is 0. The van der Waals surface area contributed by atoms with E-state index in [9.17, 15) is 4.21 Å². The summed E-state index contributed by atoms with van der Waals surface area (Å²) in [6.07, 6.45) is 2.65. The molecule has 0 bridgehead atoms. The predicted molar refractivity (Wildman–Crippen MR) is 58.3 cm³/mol. The summed E-state index contributed by atoms with van der Waals surface area (Å²) < 4.78 is 11.6. The molecule has 0 aromatic rings. The van der Waals surface area contributed by atoms with Crippen LogP contribution in [0.4, 0.5) is 0 Å². The Bertz CT molecular complexity index is 178. The van der Waals surface area contributed by atoms with Gasteiger partial charge in [0.2, 0.25) is 0 Å². The van der Waals surface area contributed by atoms with Crippen LogP contribution < -0.4 is 5.32 Å². The molecule has 2 atom stereocenters. The highest BCUT2D eigenvalue weighted by molar-refractivity contribution is 7.85. The molecule has 2 unspecified atom stereocenters. The zero-order valence-corrected chi connectivity index (χ0v) is 9.69. The lowest BCUT2D eigenvalue weighted by Gasteiger charge is -2.15. The molecule has 13 heavy (non-hydrogen) atoms. The Labute approximate surface area is 83.9 Å². The van der Waals surface area contributed by atoms with Crippen LogP contribution in [-0.4, -0.2) is 28.8 Å². The van der Waals surface area contributed by atoms with Gasteiger partial charge in [-0.25, -0.2) is 0 Å². The van der Waals surface area contributed by atoms with Crippen LogP contribution in [0, 0.1) is 11.8 Å². The molecule has 1 fully saturated rings. The molecule has 1 N–H and O–H groups in total. The van der Waals surface area contributed by atoms with Gasteiger partial charge in [-0.2, -0.15) is 0 Å². The SMILES string of the molecule is CNC(CS(=O)CC(C)C)C1CC1. The third-order valence-electron chi connectivity index (χ3n) is 2.45. The second kappa shape index (κ2) is 5.11. The Kier molecular flexibility index (Phi) is 4.39. The minimum absolute atomic E-state index is 0.500. The van der Waals surface area contributed by atoms with E-state index in [0.29, 0.717) is 12.0 Å². The van der Waals surface area contributed by atoms with Gasteiger partial charge in [-0.15, -0.1) is 0 Å². The summed E-state index contributed by atoms with van der Waals surface area (Å²) in [6, 6.07) is 0.500. The van der Waals surface area contributed by atoms with Gasteiger partial charge < -0.3 is 5.32 Å². The smallest absolute Gasteiger partial charge is 0.0391 e. The Morgan fingerprint density at radius 3 is 2.38 bits per heavy atom. The maximum absolute atomic E-state index is 11.6. The van der Waals surface area contributed by atoms with E-state index < -0.39 is 10.8 Å². The van der Waals surface area contributed by atoms with Crippen molar-refractivity contribution in [1.82, 2.24) is 5.32 Å². The average Bonchev–Trinajstić information content (AvgIpc) is 2.81. The van der Waals surface area contributed by atoms with Crippen LogP contribution in [0.15, 0.2) is 0 Å². The van der Waals surface area contributed by atoms with Crippen molar-refractivity contribution in [2.45, 2.75) is 32.7 Å². The largest absolute Gasteiger partial charge is 0.316 e. The van der Waals surface area contributed by atoms with E-state index >= 15 is 0 Å². The van der Waals surface area contributed by atoms with Crippen LogP contribution in [0.3, 0.4) is 0 Å². The van der Waals surface area contributed by atoms with Crippen LogP contribution in [0.1, 0.15) is 26.7 Å². The molecule has 0 aromatic heterocycles. The fraction of sp³-hybridized carbons (Fsp3) is 1.00. The topological polar surface area (TPSA) is 29.1 Å². The standard InChI is InChI=1S/C10H21NOS/c1-8(2)6-13(12)7-10(11-3)9-4-5-9/h8-11H,4-7H2,1-3H3. The monoisotopic (exact) mass is 203 g/mol. The Morgan fingerprint density at radius 2 is 2.00 bits per heavy atom. The van der Waals surface area contributed by atoms with Crippen molar-refractivity contribution in [2.24, 2.45) is 11.8 Å². The Hall–Kier alpha value is 0.110. The third-order valence-corrected chi connectivity index (χ3v) is 4.22. The van der Waals surface area contributed by atoms with E-state index in [1.807, 2.05) is 7.05 Å². The molecular weight excluding hydrogens is 182 g/mol. The number of hydrogen-bond donors (Lipinski definition) is 1. The van der Waals surface area contributed by atoms with Crippen LogP contribution in [0.25, 0.3) is 0 Å². The summed E-state index contributed by atoms with van der Waals surface area (Å²) in [6.45, 7) is 4.26. The van der Waals surface area contributed by atoms with Gasteiger partial charge in [0.1, 0.15) is 0 Å². The Balaban J connectivity index is 2.24. The maximum Gasteiger partial charge on any atom is 0.0391 e. The van der Waals surface area contributed by atoms with E-state index in [2.05, 4.69) is 19.2 Å². The number of nitrogens with one attached hydrogen (secondary N) is 1. The van der Waals surface area contributed by atoms with Gasteiger partial charge in [-0.05, 0) is 31.7 Å². The molecule has 0 spiro atoms. The fourth-order valence-corrected chi connectivity index (χ4v) is 3.31. The van der Waals surface area contributed by atoms with Crippen molar-refractivity contribution in [3.63, 3.8) is 0 Å². The zero-order chi connectivity index (χ0) is 9.84. The van der Waals surface area contributed by atoms with E-state index in [1.165, 1.54) is 12.8 Å².